The molecule has 3 heteroatoms. The number of aryl methyl sites for hydroxylation is 1. The zero-order valence-corrected chi connectivity index (χ0v) is 9.86. The molecule has 86 valence electrons. The van der Waals surface area contributed by atoms with Gasteiger partial charge in [0.05, 0.1) is 18.2 Å². The highest BCUT2D eigenvalue weighted by molar-refractivity contribution is 5.84. The van der Waals surface area contributed by atoms with Crippen molar-refractivity contribution < 1.29 is 4.79 Å². The number of carbonyl (C=O) groups excluding carboxylic acids is 1. The van der Waals surface area contributed by atoms with Crippen LogP contribution in [0.4, 0.5) is 5.69 Å². The first kappa shape index (κ1) is 11.0. The first-order valence-corrected chi connectivity index (χ1v) is 5.91. The Morgan fingerprint density at radius 1 is 1.31 bits per heavy atom. The van der Waals surface area contributed by atoms with Crippen LogP contribution >= 0.6 is 0 Å². The zero-order valence-electron chi connectivity index (χ0n) is 9.86. The SMILES string of the molecule is CCc1ccc(N2CC(CC)C(=O)N2)cc1. The van der Waals surface area contributed by atoms with E-state index >= 15 is 0 Å². The van der Waals surface area contributed by atoms with Gasteiger partial charge in [0.2, 0.25) is 5.91 Å². The van der Waals surface area contributed by atoms with Gasteiger partial charge in [0, 0.05) is 0 Å². The number of carbonyl (C=O) groups is 1. The lowest BCUT2D eigenvalue weighted by atomic mass is 10.1. The summed E-state index contributed by atoms with van der Waals surface area (Å²) in [6.07, 6.45) is 1.94. The second-order valence-corrected chi connectivity index (χ2v) is 4.21. The summed E-state index contributed by atoms with van der Waals surface area (Å²) in [5.74, 6) is 0.271. The molecular weight excluding hydrogens is 200 g/mol. The maximum absolute atomic E-state index is 11.6. The van der Waals surface area contributed by atoms with Crippen molar-refractivity contribution in [1.82, 2.24) is 5.43 Å². The number of anilines is 1. The molecule has 0 spiro atoms. The first-order chi connectivity index (χ1) is 7.74. The van der Waals surface area contributed by atoms with E-state index in [0.29, 0.717) is 0 Å². The Balaban J connectivity index is 2.11. The molecule has 0 saturated carbocycles. The highest BCUT2D eigenvalue weighted by Gasteiger charge is 2.28. The van der Waals surface area contributed by atoms with Crippen LogP contribution in [0.15, 0.2) is 24.3 Å². The Hall–Kier alpha value is -1.51. The predicted octanol–water partition coefficient (Wildman–Crippen LogP) is 2.13. The standard InChI is InChI=1S/C13H18N2O/c1-3-10-5-7-12(8-6-10)15-9-11(4-2)13(16)14-15/h5-8,11H,3-4,9H2,1-2H3,(H,14,16). The maximum atomic E-state index is 11.6. The molecule has 1 aliphatic heterocycles. The van der Waals surface area contributed by atoms with Crippen molar-refractivity contribution in [3.8, 4) is 0 Å². The van der Waals surface area contributed by atoms with Gasteiger partial charge in [0.15, 0.2) is 0 Å². The van der Waals surface area contributed by atoms with Gasteiger partial charge in [-0.3, -0.25) is 15.2 Å². The van der Waals surface area contributed by atoms with Crippen LogP contribution in [0, 0.1) is 5.92 Å². The van der Waals surface area contributed by atoms with Gasteiger partial charge in [-0.2, -0.15) is 0 Å². The summed E-state index contributed by atoms with van der Waals surface area (Å²) in [5, 5.41) is 1.94. The van der Waals surface area contributed by atoms with Crippen molar-refractivity contribution in [2.45, 2.75) is 26.7 Å². The molecule has 1 aliphatic rings. The summed E-state index contributed by atoms with van der Waals surface area (Å²) >= 11 is 0. The lowest BCUT2D eigenvalue weighted by molar-refractivity contribution is -0.122. The molecular formula is C13H18N2O. The molecule has 0 aromatic heterocycles. The average Bonchev–Trinajstić information content (AvgIpc) is 2.71. The minimum Gasteiger partial charge on any atom is -0.285 e. The lowest BCUT2D eigenvalue weighted by Crippen LogP contribution is -2.32. The molecule has 3 nitrogen and oxygen atoms in total. The van der Waals surface area contributed by atoms with Crippen LogP contribution < -0.4 is 10.4 Å². The molecule has 1 unspecified atom stereocenters. The Kier molecular flexibility index (Phi) is 3.13. The van der Waals surface area contributed by atoms with E-state index in [2.05, 4.69) is 36.6 Å². The number of hydrazine groups is 1. The van der Waals surface area contributed by atoms with Gasteiger partial charge in [0.25, 0.3) is 0 Å². The number of rotatable bonds is 3. The summed E-state index contributed by atoms with van der Waals surface area (Å²) < 4.78 is 0. The molecule has 1 saturated heterocycles. The van der Waals surface area contributed by atoms with Crippen LogP contribution in [0.3, 0.4) is 0 Å². The van der Waals surface area contributed by atoms with E-state index in [1.807, 2.05) is 11.9 Å². The molecule has 2 rings (SSSR count). The van der Waals surface area contributed by atoms with Gasteiger partial charge >= 0.3 is 0 Å². The molecule has 1 atom stereocenters. The van der Waals surface area contributed by atoms with Gasteiger partial charge < -0.3 is 0 Å². The largest absolute Gasteiger partial charge is 0.285 e. The van der Waals surface area contributed by atoms with Crippen LogP contribution in [0.1, 0.15) is 25.8 Å². The first-order valence-electron chi connectivity index (χ1n) is 5.91. The molecule has 0 aliphatic carbocycles. The van der Waals surface area contributed by atoms with E-state index in [9.17, 15) is 4.79 Å². The number of nitrogens with one attached hydrogen (secondary N) is 1. The summed E-state index contributed by atoms with van der Waals surface area (Å²) in [6, 6.07) is 8.36. The number of hydrogen-bond acceptors (Lipinski definition) is 2. The van der Waals surface area contributed by atoms with E-state index in [1.165, 1.54) is 5.56 Å². The summed E-state index contributed by atoms with van der Waals surface area (Å²) in [4.78, 5) is 11.6. The Labute approximate surface area is 96.4 Å². The zero-order chi connectivity index (χ0) is 11.5. The second kappa shape index (κ2) is 4.56. The van der Waals surface area contributed by atoms with Crippen molar-refractivity contribution in [1.29, 1.82) is 0 Å². The molecule has 1 heterocycles. The number of amides is 1. The van der Waals surface area contributed by atoms with Gasteiger partial charge in [-0.05, 0) is 30.5 Å². The van der Waals surface area contributed by atoms with Crippen LogP contribution in [0.25, 0.3) is 0 Å². The highest BCUT2D eigenvalue weighted by Crippen LogP contribution is 2.20. The molecule has 0 radical (unpaired) electrons. The third kappa shape index (κ3) is 2.03. The predicted molar refractivity (Wildman–Crippen MR) is 65.1 cm³/mol. The number of nitrogens with zero attached hydrogens (tertiary/aromatic N) is 1. The fourth-order valence-corrected chi connectivity index (χ4v) is 1.97. The van der Waals surface area contributed by atoms with Gasteiger partial charge in [-0.15, -0.1) is 0 Å². The normalized spacial score (nSPS) is 20.0. The Morgan fingerprint density at radius 2 is 2.00 bits per heavy atom. The quantitative estimate of drug-likeness (QED) is 0.843. The van der Waals surface area contributed by atoms with Crippen molar-refractivity contribution >= 4 is 11.6 Å². The smallest absolute Gasteiger partial charge is 0.243 e. The van der Waals surface area contributed by atoms with Gasteiger partial charge in [0.1, 0.15) is 0 Å². The van der Waals surface area contributed by atoms with Gasteiger partial charge in [-0.1, -0.05) is 26.0 Å². The maximum Gasteiger partial charge on any atom is 0.243 e. The van der Waals surface area contributed by atoms with Gasteiger partial charge in [-0.25, -0.2) is 0 Å². The fourth-order valence-electron chi connectivity index (χ4n) is 1.97. The number of benzene rings is 1. The lowest BCUT2D eigenvalue weighted by Gasteiger charge is -2.17. The molecule has 0 bridgehead atoms. The van der Waals surface area contributed by atoms with Crippen LogP contribution in [-0.4, -0.2) is 12.5 Å². The highest BCUT2D eigenvalue weighted by atomic mass is 16.2. The fraction of sp³-hybridized carbons (Fsp3) is 0.462. The Bertz CT molecular complexity index is 372. The molecule has 1 aromatic rings. The third-order valence-electron chi connectivity index (χ3n) is 3.17. The minimum absolute atomic E-state index is 0.130. The molecule has 1 N–H and O–H groups in total. The van der Waals surface area contributed by atoms with Crippen molar-refractivity contribution in [2.24, 2.45) is 5.92 Å². The van der Waals surface area contributed by atoms with E-state index in [-0.39, 0.29) is 11.8 Å². The summed E-state index contributed by atoms with van der Waals surface area (Å²) in [7, 11) is 0. The van der Waals surface area contributed by atoms with Crippen molar-refractivity contribution in [2.75, 3.05) is 11.6 Å². The molecule has 1 amide bonds. The van der Waals surface area contributed by atoms with Crippen molar-refractivity contribution in [3.63, 3.8) is 0 Å². The minimum atomic E-state index is 0.130. The van der Waals surface area contributed by atoms with Crippen LogP contribution in [0.5, 0.6) is 0 Å². The van der Waals surface area contributed by atoms with Crippen molar-refractivity contribution in [3.05, 3.63) is 29.8 Å². The third-order valence-corrected chi connectivity index (χ3v) is 3.17. The molecule has 1 fully saturated rings. The monoisotopic (exact) mass is 218 g/mol. The second-order valence-electron chi connectivity index (χ2n) is 4.21. The molecule has 1 aromatic carbocycles. The van der Waals surface area contributed by atoms with E-state index < -0.39 is 0 Å². The summed E-state index contributed by atoms with van der Waals surface area (Å²) in [5.41, 5.74) is 5.29. The van der Waals surface area contributed by atoms with Crippen LogP contribution in [0.2, 0.25) is 0 Å². The topological polar surface area (TPSA) is 32.3 Å². The number of hydrogen-bond donors (Lipinski definition) is 1. The Morgan fingerprint density at radius 3 is 2.50 bits per heavy atom. The van der Waals surface area contributed by atoms with E-state index in [4.69, 9.17) is 0 Å². The van der Waals surface area contributed by atoms with E-state index in [0.717, 1.165) is 25.1 Å². The molecule has 16 heavy (non-hydrogen) atoms. The van der Waals surface area contributed by atoms with E-state index in [1.54, 1.807) is 0 Å². The van der Waals surface area contributed by atoms with Crippen LogP contribution in [-0.2, 0) is 11.2 Å². The average molecular weight is 218 g/mol. The summed E-state index contributed by atoms with van der Waals surface area (Å²) in [6.45, 7) is 4.97.